The molecule has 0 saturated carbocycles. The second kappa shape index (κ2) is 12.7. The van der Waals surface area contributed by atoms with Crippen LogP contribution in [-0.2, 0) is 15.1 Å². The number of hydrogen-bond donors (Lipinski definition) is 1. The van der Waals surface area contributed by atoms with Gasteiger partial charge in [-0.2, -0.15) is 0 Å². The van der Waals surface area contributed by atoms with E-state index in [1.807, 2.05) is 57.2 Å². The summed E-state index contributed by atoms with van der Waals surface area (Å²) in [7, 11) is 1.66. The number of benzene rings is 1. The Balaban J connectivity index is 0.00000218. The van der Waals surface area contributed by atoms with Crippen LogP contribution in [0.1, 0.15) is 57.0 Å². The van der Waals surface area contributed by atoms with Gasteiger partial charge < -0.3 is 15.2 Å². The SMILES string of the molecule is C/C=C\C1=C(/C=C/N)OC/C(=C\C=C(\C)CC)C1(OC)c1ccccc1C=O.CC. The number of carbonyl (C=O) groups is 1. The number of aldehydes is 1. The third-order valence-electron chi connectivity index (χ3n) is 4.96. The van der Waals surface area contributed by atoms with Gasteiger partial charge in [-0.25, -0.2) is 0 Å². The van der Waals surface area contributed by atoms with Crippen LogP contribution in [0.25, 0.3) is 0 Å². The van der Waals surface area contributed by atoms with Crippen molar-refractivity contribution in [2.24, 2.45) is 5.73 Å². The molecule has 4 heteroatoms. The van der Waals surface area contributed by atoms with E-state index in [2.05, 4.69) is 19.9 Å². The van der Waals surface area contributed by atoms with Crippen LogP contribution in [0, 0.1) is 0 Å². The molecular weight excluding hydrogens is 374 g/mol. The Kier molecular flexibility index (Phi) is 10.6. The number of rotatable bonds is 7. The highest BCUT2D eigenvalue weighted by atomic mass is 16.5. The summed E-state index contributed by atoms with van der Waals surface area (Å²) in [6.07, 6.45) is 13.0. The molecule has 2 rings (SSSR count). The Bertz CT molecular complexity index is 859. The highest BCUT2D eigenvalue weighted by molar-refractivity contribution is 5.79. The summed E-state index contributed by atoms with van der Waals surface area (Å²) in [4.78, 5) is 11.8. The molecule has 0 bridgehead atoms. The van der Waals surface area contributed by atoms with Gasteiger partial charge in [-0.1, -0.05) is 74.9 Å². The van der Waals surface area contributed by atoms with Crippen LogP contribution in [0.3, 0.4) is 0 Å². The molecule has 1 atom stereocenters. The van der Waals surface area contributed by atoms with Gasteiger partial charge in [0.15, 0.2) is 0 Å². The van der Waals surface area contributed by atoms with Crippen molar-refractivity contribution < 1.29 is 14.3 Å². The summed E-state index contributed by atoms with van der Waals surface area (Å²) >= 11 is 0. The molecule has 0 fully saturated rings. The number of methoxy groups -OCH3 is 1. The van der Waals surface area contributed by atoms with E-state index in [1.54, 1.807) is 19.3 Å². The molecule has 1 aromatic rings. The van der Waals surface area contributed by atoms with Crippen molar-refractivity contribution in [1.82, 2.24) is 0 Å². The molecule has 0 aromatic heterocycles. The van der Waals surface area contributed by atoms with Gasteiger partial charge >= 0.3 is 0 Å². The monoisotopic (exact) mass is 409 g/mol. The van der Waals surface area contributed by atoms with Gasteiger partial charge in [0.2, 0.25) is 0 Å². The van der Waals surface area contributed by atoms with Crippen molar-refractivity contribution in [2.45, 2.75) is 46.6 Å². The molecule has 0 spiro atoms. The lowest BCUT2D eigenvalue weighted by Crippen LogP contribution is -2.39. The fourth-order valence-electron chi connectivity index (χ4n) is 3.39. The van der Waals surface area contributed by atoms with Crippen molar-refractivity contribution in [2.75, 3.05) is 13.7 Å². The molecule has 0 amide bonds. The van der Waals surface area contributed by atoms with Crippen LogP contribution in [-0.4, -0.2) is 20.0 Å². The topological polar surface area (TPSA) is 61.6 Å². The highest BCUT2D eigenvalue weighted by Crippen LogP contribution is 2.47. The summed E-state index contributed by atoms with van der Waals surface area (Å²) in [5, 5.41) is 0. The van der Waals surface area contributed by atoms with Gasteiger partial charge in [0, 0.05) is 29.4 Å². The number of ether oxygens (including phenoxy) is 2. The fraction of sp³-hybridized carbons (Fsp3) is 0.346. The van der Waals surface area contributed by atoms with Crippen LogP contribution in [0.4, 0.5) is 0 Å². The molecule has 0 radical (unpaired) electrons. The van der Waals surface area contributed by atoms with E-state index in [0.717, 1.165) is 29.4 Å². The zero-order valence-corrected chi connectivity index (χ0v) is 19.1. The minimum atomic E-state index is -0.957. The maximum Gasteiger partial charge on any atom is 0.150 e. The van der Waals surface area contributed by atoms with Crippen molar-refractivity contribution in [1.29, 1.82) is 0 Å². The lowest BCUT2D eigenvalue weighted by atomic mass is 9.75. The van der Waals surface area contributed by atoms with Crippen molar-refractivity contribution >= 4 is 6.29 Å². The number of carbonyl (C=O) groups excluding carboxylic acids is 1. The summed E-state index contributed by atoms with van der Waals surface area (Å²) < 4.78 is 12.2. The Morgan fingerprint density at radius 2 is 1.97 bits per heavy atom. The van der Waals surface area contributed by atoms with Gasteiger partial charge in [0.25, 0.3) is 0 Å². The minimum Gasteiger partial charge on any atom is -0.489 e. The minimum absolute atomic E-state index is 0.329. The zero-order valence-electron chi connectivity index (χ0n) is 19.1. The summed E-state index contributed by atoms with van der Waals surface area (Å²) in [6.45, 7) is 10.5. The zero-order chi connectivity index (χ0) is 22.6. The first-order chi connectivity index (χ1) is 14.6. The third kappa shape index (κ3) is 5.19. The quantitative estimate of drug-likeness (QED) is 0.563. The molecule has 1 aliphatic heterocycles. The Morgan fingerprint density at radius 1 is 1.27 bits per heavy atom. The maximum absolute atomic E-state index is 11.8. The number of hydrogen-bond acceptors (Lipinski definition) is 4. The highest BCUT2D eigenvalue weighted by Gasteiger charge is 2.45. The van der Waals surface area contributed by atoms with Crippen molar-refractivity contribution in [3.05, 3.63) is 94.5 Å². The average molecular weight is 410 g/mol. The molecule has 30 heavy (non-hydrogen) atoms. The van der Waals surface area contributed by atoms with Gasteiger partial charge in [0.1, 0.15) is 24.3 Å². The van der Waals surface area contributed by atoms with Crippen LogP contribution < -0.4 is 5.73 Å². The molecule has 4 nitrogen and oxygen atoms in total. The Morgan fingerprint density at radius 3 is 2.53 bits per heavy atom. The predicted octanol–water partition coefficient (Wildman–Crippen LogP) is 5.98. The van der Waals surface area contributed by atoms with E-state index in [-0.39, 0.29) is 0 Å². The molecule has 1 aliphatic rings. The first kappa shape index (κ1) is 25.2. The molecule has 2 N–H and O–H groups in total. The molecule has 0 saturated heterocycles. The van der Waals surface area contributed by atoms with Gasteiger partial charge in [0.05, 0.1) is 0 Å². The molecule has 1 unspecified atom stereocenters. The van der Waals surface area contributed by atoms with Crippen molar-refractivity contribution in [3.8, 4) is 0 Å². The van der Waals surface area contributed by atoms with Crippen LogP contribution in [0.15, 0.2) is 83.3 Å². The number of nitrogens with two attached hydrogens (primary N) is 1. The van der Waals surface area contributed by atoms with Gasteiger partial charge in [-0.15, -0.1) is 0 Å². The third-order valence-corrected chi connectivity index (χ3v) is 4.96. The molecular formula is C26H35NO3. The standard InChI is InChI=1S/C24H29NO3.C2H6/c1-5-9-22-23(14-15-25)28-17-20(13-12-18(3)6-2)24(22,27-4)21-11-8-7-10-19(21)16-26;1-2/h5,7-16H,6,17,25H2,1-4H3;1-2H3/b9-5-,15-14+,18-12-,20-13+;. The average Bonchev–Trinajstić information content (AvgIpc) is 2.80. The van der Waals surface area contributed by atoms with E-state index in [0.29, 0.717) is 17.9 Å². The Labute approximate surface area is 181 Å². The van der Waals surface area contributed by atoms with Crippen LogP contribution in [0.2, 0.25) is 0 Å². The normalized spacial score (nSPS) is 21.0. The lowest BCUT2D eigenvalue weighted by Gasteiger charge is -2.41. The fourth-order valence-corrected chi connectivity index (χ4v) is 3.39. The van der Waals surface area contributed by atoms with E-state index < -0.39 is 5.60 Å². The molecule has 1 heterocycles. The van der Waals surface area contributed by atoms with Crippen LogP contribution in [0.5, 0.6) is 0 Å². The molecule has 1 aromatic carbocycles. The van der Waals surface area contributed by atoms with E-state index in [9.17, 15) is 4.79 Å². The van der Waals surface area contributed by atoms with E-state index >= 15 is 0 Å². The van der Waals surface area contributed by atoms with Gasteiger partial charge in [-0.3, -0.25) is 4.79 Å². The first-order valence-corrected chi connectivity index (χ1v) is 10.4. The summed E-state index contributed by atoms with van der Waals surface area (Å²) in [5.74, 6) is 0.622. The second-order valence-electron chi connectivity index (χ2n) is 6.57. The van der Waals surface area contributed by atoms with Crippen molar-refractivity contribution in [3.63, 3.8) is 0 Å². The lowest BCUT2D eigenvalue weighted by molar-refractivity contribution is 0.0238. The smallest absolute Gasteiger partial charge is 0.150 e. The van der Waals surface area contributed by atoms with E-state index in [1.165, 1.54) is 11.8 Å². The Hall–Kier alpha value is -2.85. The largest absolute Gasteiger partial charge is 0.489 e. The first-order valence-electron chi connectivity index (χ1n) is 10.4. The predicted molar refractivity (Wildman–Crippen MR) is 125 cm³/mol. The second-order valence-corrected chi connectivity index (χ2v) is 6.57. The molecule has 0 aliphatic carbocycles. The van der Waals surface area contributed by atoms with Gasteiger partial charge in [-0.05, 0) is 32.5 Å². The van der Waals surface area contributed by atoms with E-state index in [4.69, 9.17) is 15.2 Å². The maximum atomic E-state index is 11.8. The molecule has 162 valence electrons. The number of allylic oxidation sites excluding steroid dienone is 5. The summed E-state index contributed by atoms with van der Waals surface area (Å²) in [5.41, 5.74) is 9.01. The van der Waals surface area contributed by atoms with Crippen LogP contribution >= 0.6 is 0 Å². The summed E-state index contributed by atoms with van der Waals surface area (Å²) in [6, 6.07) is 7.49.